The molecule has 1 N–H and O–H groups in total. The van der Waals surface area contributed by atoms with Crippen LogP contribution in [0.15, 0.2) is 42.0 Å². The lowest BCUT2D eigenvalue weighted by Gasteiger charge is -2.29. The number of amides is 1. The standard InChI is InChI=1S/C20H19NO3/c1-11-12(2)20(15-8-6-5-7-14(15)19(22)21-20)16-9-13(23-3)10-17(24-4)18(11)16/h5-10H,1-4H3,(H,21,22). The fraction of sp³-hybridized carbons (Fsp3) is 0.250. The number of carbonyl (C=O) groups is 1. The van der Waals surface area contributed by atoms with Gasteiger partial charge in [0.1, 0.15) is 17.0 Å². The predicted octanol–water partition coefficient (Wildman–Crippen LogP) is 3.50. The van der Waals surface area contributed by atoms with Crippen molar-refractivity contribution in [3.63, 3.8) is 0 Å². The van der Waals surface area contributed by atoms with Crippen molar-refractivity contribution in [2.75, 3.05) is 14.2 Å². The Labute approximate surface area is 141 Å². The van der Waals surface area contributed by atoms with Crippen LogP contribution in [0.3, 0.4) is 0 Å². The molecule has 1 atom stereocenters. The van der Waals surface area contributed by atoms with E-state index in [-0.39, 0.29) is 5.91 Å². The molecule has 0 saturated carbocycles. The third-order valence-corrected chi connectivity index (χ3v) is 5.31. The smallest absolute Gasteiger partial charge is 0.252 e. The number of hydrogen-bond acceptors (Lipinski definition) is 3. The summed E-state index contributed by atoms with van der Waals surface area (Å²) in [4.78, 5) is 12.6. The van der Waals surface area contributed by atoms with E-state index in [0.717, 1.165) is 39.1 Å². The molecule has 1 aliphatic carbocycles. The van der Waals surface area contributed by atoms with E-state index in [1.54, 1.807) is 14.2 Å². The Kier molecular flexibility index (Phi) is 3.01. The molecule has 2 aliphatic rings. The Balaban J connectivity index is 2.11. The van der Waals surface area contributed by atoms with Crippen molar-refractivity contribution in [3.05, 3.63) is 64.2 Å². The molecule has 24 heavy (non-hydrogen) atoms. The molecular formula is C20H19NO3. The predicted molar refractivity (Wildman–Crippen MR) is 92.5 cm³/mol. The number of methoxy groups -OCH3 is 2. The van der Waals surface area contributed by atoms with Gasteiger partial charge in [0.25, 0.3) is 5.91 Å². The first-order valence-electron chi connectivity index (χ1n) is 7.91. The molecule has 1 heterocycles. The molecule has 0 radical (unpaired) electrons. The lowest BCUT2D eigenvalue weighted by Crippen LogP contribution is -2.40. The van der Waals surface area contributed by atoms with Gasteiger partial charge in [-0.25, -0.2) is 0 Å². The van der Waals surface area contributed by atoms with Crippen molar-refractivity contribution in [2.45, 2.75) is 19.4 Å². The number of allylic oxidation sites excluding steroid dienone is 1. The van der Waals surface area contributed by atoms with Gasteiger partial charge in [-0.3, -0.25) is 4.79 Å². The normalized spacial score (nSPS) is 20.9. The summed E-state index contributed by atoms with van der Waals surface area (Å²) in [5.74, 6) is 1.43. The second-order valence-corrected chi connectivity index (χ2v) is 6.25. The molecule has 4 nitrogen and oxygen atoms in total. The summed E-state index contributed by atoms with van der Waals surface area (Å²) in [6.07, 6.45) is 0. The van der Waals surface area contributed by atoms with Crippen LogP contribution >= 0.6 is 0 Å². The van der Waals surface area contributed by atoms with E-state index in [1.165, 1.54) is 0 Å². The molecule has 4 heteroatoms. The van der Waals surface area contributed by atoms with Crippen molar-refractivity contribution in [1.29, 1.82) is 0 Å². The van der Waals surface area contributed by atoms with E-state index in [2.05, 4.69) is 19.2 Å². The maximum atomic E-state index is 12.6. The SMILES string of the molecule is COc1cc(OC)c2c(c1)C1(NC(=O)c3ccccc31)C(C)=C2C. The Morgan fingerprint density at radius 2 is 1.75 bits per heavy atom. The van der Waals surface area contributed by atoms with Gasteiger partial charge in [-0.2, -0.15) is 0 Å². The van der Waals surface area contributed by atoms with Gasteiger partial charge in [-0.05, 0) is 42.7 Å². The van der Waals surface area contributed by atoms with Crippen LogP contribution in [0.1, 0.15) is 40.9 Å². The first-order valence-corrected chi connectivity index (χ1v) is 7.91. The fourth-order valence-corrected chi connectivity index (χ4v) is 4.04. The quantitative estimate of drug-likeness (QED) is 0.921. The zero-order chi connectivity index (χ0) is 17.1. The highest BCUT2D eigenvalue weighted by Gasteiger charge is 2.51. The van der Waals surface area contributed by atoms with Gasteiger partial charge in [0.2, 0.25) is 0 Å². The highest BCUT2D eigenvalue weighted by atomic mass is 16.5. The van der Waals surface area contributed by atoms with E-state index >= 15 is 0 Å². The summed E-state index contributed by atoms with van der Waals surface area (Å²) in [6.45, 7) is 4.15. The van der Waals surface area contributed by atoms with Crippen molar-refractivity contribution < 1.29 is 14.3 Å². The van der Waals surface area contributed by atoms with Gasteiger partial charge in [0.05, 0.1) is 14.2 Å². The number of fused-ring (bicyclic) bond motifs is 4. The molecule has 2 aromatic rings. The van der Waals surface area contributed by atoms with Crippen LogP contribution in [-0.2, 0) is 5.54 Å². The highest BCUT2D eigenvalue weighted by molar-refractivity contribution is 6.04. The number of hydrogen-bond donors (Lipinski definition) is 1. The first-order chi connectivity index (χ1) is 11.5. The van der Waals surface area contributed by atoms with E-state index in [9.17, 15) is 4.79 Å². The average molecular weight is 321 g/mol. The third kappa shape index (κ3) is 1.60. The summed E-state index contributed by atoms with van der Waals surface area (Å²) in [5, 5.41) is 3.23. The summed E-state index contributed by atoms with van der Waals surface area (Å²) in [6, 6.07) is 11.6. The van der Waals surface area contributed by atoms with Gasteiger partial charge >= 0.3 is 0 Å². The minimum Gasteiger partial charge on any atom is -0.497 e. The molecule has 122 valence electrons. The minimum atomic E-state index is -0.644. The Bertz CT molecular complexity index is 913. The summed E-state index contributed by atoms with van der Waals surface area (Å²) in [7, 11) is 3.29. The Morgan fingerprint density at radius 3 is 2.46 bits per heavy atom. The molecule has 1 aliphatic heterocycles. The molecule has 1 amide bonds. The molecular weight excluding hydrogens is 302 g/mol. The number of nitrogens with one attached hydrogen (secondary N) is 1. The summed E-state index contributed by atoms with van der Waals surface area (Å²) >= 11 is 0. The highest BCUT2D eigenvalue weighted by Crippen LogP contribution is 2.55. The molecule has 0 bridgehead atoms. The van der Waals surface area contributed by atoms with Gasteiger partial charge < -0.3 is 14.8 Å². The van der Waals surface area contributed by atoms with E-state index < -0.39 is 5.54 Å². The Hall–Kier alpha value is -2.75. The fourth-order valence-electron chi connectivity index (χ4n) is 4.04. The molecule has 1 spiro atoms. The summed E-state index contributed by atoms with van der Waals surface area (Å²) in [5.41, 5.74) is 5.35. The largest absolute Gasteiger partial charge is 0.497 e. The number of ether oxygens (including phenoxy) is 2. The molecule has 0 fully saturated rings. The Morgan fingerprint density at radius 1 is 1.00 bits per heavy atom. The van der Waals surface area contributed by atoms with Gasteiger partial charge in [-0.15, -0.1) is 0 Å². The lowest BCUT2D eigenvalue weighted by atomic mass is 9.81. The number of benzene rings is 2. The van der Waals surface area contributed by atoms with Crippen molar-refractivity contribution in [1.82, 2.24) is 5.32 Å². The van der Waals surface area contributed by atoms with Crippen LogP contribution in [0, 0.1) is 0 Å². The minimum absolute atomic E-state index is 0.0487. The molecule has 1 unspecified atom stereocenters. The van der Waals surface area contributed by atoms with Crippen molar-refractivity contribution >= 4 is 11.5 Å². The van der Waals surface area contributed by atoms with Crippen molar-refractivity contribution in [3.8, 4) is 11.5 Å². The number of rotatable bonds is 2. The van der Waals surface area contributed by atoms with Crippen LogP contribution in [0.5, 0.6) is 11.5 Å². The van der Waals surface area contributed by atoms with Crippen LogP contribution in [0.25, 0.3) is 5.57 Å². The van der Waals surface area contributed by atoms with E-state index in [1.807, 2.05) is 36.4 Å². The monoisotopic (exact) mass is 321 g/mol. The second-order valence-electron chi connectivity index (χ2n) is 6.25. The molecule has 4 rings (SSSR count). The van der Waals surface area contributed by atoms with Crippen LogP contribution < -0.4 is 14.8 Å². The average Bonchev–Trinajstić information content (AvgIpc) is 3.03. The van der Waals surface area contributed by atoms with Gasteiger partial charge in [0.15, 0.2) is 0 Å². The lowest BCUT2D eigenvalue weighted by molar-refractivity contribution is 0.0948. The van der Waals surface area contributed by atoms with E-state index in [4.69, 9.17) is 9.47 Å². The van der Waals surface area contributed by atoms with Gasteiger partial charge in [0, 0.05) is 22.8 Å². The maximum Gasteiger partial charge on any atom is 0.252 e. The molecule has 0 saturated heterocycles. The first kappa shape index (κ1) is 14.8. The maximum absolute atomic E-state index is 12.6. The summed E-state index contributed by atoms with van der Waals surface area (Å²) < 4.78 is 11.1. The third-order valence-electron chi connectivity index (χ3n) is 5.31. The molecule has 0 aromatic heterocycles. The van der Waals surface area contributed by atoms with Crippen LogP contribution in [0.4, 0.5) is 0 Å². The number of carbonyl (C=O) groups excluding carboxylic acids is 1. The van der Waals surface area contributed by atoms with Crippen LogP contribution in [-0.4, -0.2) is 20.1 Å². The zero-order valence-corrected chi connectivity index (χ0v) is 14.2. The van der Waals surface area contributed by atoms with E-state index in [0.29, 0.717) is 5.75 Å². The molecule has 2 aromatic carbocycles. The zero-order valence-electron chi connectivity index (χ0n) is 14.2. The van der Waals surface area contributed by atoms with Crippen LogP contribution in [0.2, 0.25) is 0 Å². The van der Waals surface area contributed by atoms with Crippen molar-refractivity contribution in [2.24, 2.45) is 0 Å². The second kappa shape index (κ2) is 4.87. The topological polar surface area (TPSA) is 47.6 Å². The van der Waals surface area contributed by atoms with Gasteiger partial charge in [-0.1, -0.05) is 18.2 Å².